The van der Waals surface area contributed by atoms with Crippen molar-refractivity contribution in [1.29, 1.82) is 0 Å². The first-order chi connectivity index (χ1) is 16.0. The van der Waals surface area contributed by atoms with Crippen LogP contribution in [0.1, 0.15) is 16.7 Å². The molecule has 3 amide bonds. The second kappa shape index (κ2) is 10.2. The van der Waals surface area contributed by atoms with E-state index in [4.69, 9.17) is 16.3 Å². The lowest BCUT2D eigenvalue weighted by Gasteiger charge is -2.28. The molecule has 0 saturated carbocycles. The van der Waals surface area contributed by atoms with Crippen LogP contribution in [0.25, 0.3) is 0 Å². The van der Waals surface area contributed by atoms with Crippen molar-refractivity contribution in [3.05, 3.63) is 107 Å². The molecule has 1 aliphatic rings. The summed E-state index contributed by atoms with van der Waals surface area (Å²) in [4.78, 5) is 27.5. The van der Waals surface area contributed by atoms with Crippen molar-refractivity contribution in [3.63, 3.8) is 0 Å². The quantitative estimate of drug-likeness (QED) is 0.471. The number of rotatable bonds is 9. The molecule has 0 aliphatic carbocycles. The monoisotopic (exact) mass is 464 g/mol. The SMILES string of the molecule is O=C1NC(Cc2ccccc2)(c2ccccc2)C(=O)N1CC(O)COCc1ccccc1Cl. The van der Waals surface area contributed by atoms with Gasteiger partial charge in [-0.2, -0.15) is 0 Å². The summed E-state index contributed by atoms with van der Waals surface area (Å²) in [6.07, 6.45) is -0.733. The lowest BCUT2D eigenvalue weighted by atomic mass is 9.83. The normalized spacial score (nSPS) is 18.9. The molecule has 7 heteroatoms. The van der Waals surface area contributed by atoms with Crippen LogP contribution < -0.4 is 5.32 Å². The van der Waals surface area contributed by atoms with Gasteiger partial charge in [0.05, 0.1) is 25.9 Å². The Kier molecular flexibility index (Phi) is 7.08. The largest absolute Gasteiger partial charge is 0.389 e. The van der Waals surface area contributed by atoms with Crippen molar-refractivity contribution >= 4 is 23.5 Å². The van der Waals surface area contributed by atoms with Crippen LogP contribution >= 0.6 is 11.6 Å². The van der Waals surface area contributed by atoms with Crippen molar-refractivity contribution in [3.8, 4) is 0 Å². The number of nitrogens with zero attached hydrogens (tertiary/aromatic N) is 1. The van der Waals surface area contributed by atoms with Crippen molar-refractivity contribution < 1.29 is 19.4 Å². The number of aliphatic hydroxyl groups is 1. The third kappa shape index (κ3) is 5.09. The van der Waals surface area contributed by atoms with Gasteiger partial charge < -0.3 is 15.2 Å². The maximum Gasteiger partial charge on any atom is 0.325 e. The molecule has 1 aliphatic heterocycles. The number of ether oxygens (including phenoxy) is 1. The van der Waals surface area contributed by atoms with Gasteiger partial charge in [-0.05, 0) is 22.8 Å². The minimum absolute atomic E-state index is 0.0424. The predicted molar refractivity (Wildman–Crippen MR) is 126 cm³/mol. The molecule has 3 aromatic carbocycles. The summed E-state index contributed by atoms with van der Waals surface area (Å²) in [5.74, 6) is -0.396. The fraction of sp³-hybridized carbons (Fsp3) is 0.231. The summed E-state index contributed by atoms with van der Waals surface area (Å²) in [7, 11) is 0. The van der Waals surface area contributed by atoms with E-state index in [-0.39, 0.29) is 19.8 Å². The van der Waals surface area contributed by atoms with Crippen LogP contribution in [-0.2, 0) is 28.1 Å². The van der Waals surface area contributed by atoms with Crippen LogP contribution in [0, 0.1) is 0 Å². The van der Waals surface area contributed by atoms with Crippen LogP contribution in [0.3, 0.4) is 0 Å². The lowest BCUT2D eigenvalue weighted by Crippen LogP contribution is -2.46. The Morgan fingerprint density at radius 2 is 1.58 bits per heavy atom. The van der Waals surface area contributed by atoms with E-state index in [9.17, 15) is 14.7 Å². The summed E-state index contributed by atoms with van der Waals surface area (Å²) < 4.78 is 5.57. The molecule has 0 spiro atoms. The molecule has 0 radical (unpaired) electrons. The van der Waals surface area contributed by atoms with Crippen LogP contribution in [0.5, 0.6) is 0 Å². The summed E-state index contributed by atoms with van der Waals surface area (Å²) in [6, 6.07) is 25.5. The molecular weight excluding hydrogens is 440 g/mol. The minimum Gasteiger partial charge on any atom is -0.389 e. The van der Waals surface area contributed by atoms with E-state index in [0.29, 0.717) is 17.0 Å². The Balaban J connectivity index is 1.47. The molecule has 33 heavy (non-hydrogen) atoms. The van der Waals surface area contributed by atoms with E-state index in [0.717, 1.165) is 16.0 Å². The molecule has 170 valence electrons. The molecule has 2 atom stereocenters. The zero-order valence-electron chi connectivity index (χ0n) is 18.0. The molecular formula is C26H25ClN2O4. The van der Waals surface area contributed by atoms with Crippen molar-refractivity contribution in [2.24, 2.45) is 0 Å². The number of carbonyl (C=O) groups excluding carboxylic acids is 2. The number of hydrogen-bond acceptors (Lipinski definition) is 4. The Hall–Kier alpha value is -3.19. The first-order valence-electron chi connectivity index (χ1n) is 10.7. The van der Waals surface area contributed by atoms with Gasteiger partial charge in [-0.3, -0.25) is 9.69 Å². The fourth-order valence-electron chi connectivity index (χ4n) is 4.02. The first kappa shape index (κ1) is 23.0. The van der Waals surface area contributed by atoms with E-state index in [2.05, 4.69) is 5.32 Å². The maximum absolute atomic E-state index is 13.6. The molecule has 3 aromatic rings. The number of hydrogen-bond donors (Lipinski definition) is 2. The average Bonchev–Trinajstić information content (AvgIpc) is 3.06. The molecule has 2 unspecified atom stereocenters. The highest BCUT2D eigenvalue weighted by Gasteiger charge is 2.52. The van der Waals surface area contributed by atoms with E-state index < -0.39 is 23.6 Å². The summed E-state index contributed by atoms with van der Waals surface area (Å²) in [5.41, 5.74) is 1.17. The highest BCUT2D eigenvalue weighted by molar-refractivity contribution is 6.31. The number of urea groups is 1. The molecule has 2 N–H and O–H groups in total. The Labute approximate surface area is 197 Å². The Bertz CT molecular complexity index is 1110. The molecule has 0 bridgehead atoms. The number of imide groups is 1. The van der Waals surface area contributed by atoms with Gasteiger partial charge in [0.15, 0.2) is 5.54 Å². The van der Waals surface area contributed by atoms with E-state index in [1.54, 1.807) is 6.07 Å². The Morgan fingerprint density at radius 1 is 0.939 bits per heavy atom. The number of carbonyl (C=O) groups is 2. The second-order valence-corrected chi connectivity index (χ2v) is 8.45. The highest BCUT2D eigenvalue weighted by Crippen LogP contribution is 2.33. The number of nitrogens with one attached hydrogen (secondary N) is 1. The Morgan fingerprint density at radius 3 is 2.27 bits per heavy atom. The summed E-state index contributed by atoms with van der Waals surface area (Å²) in [5, 5.41) is 14.0. The average molecular weight is 465 g/mol. The van der Waals surface area contributed by atoms with E-state index in [1.807, 2.05) is 78.9 Å². The van der Waals surface area contributed by atoms with Gasteiger partial charge in [0.1, 0.15) is 0 Å². The van der Waals surface area contributed by atoms with Gasteiger partial charge in [0, 0.05) is 11.4 Å². The zero-order chi connectivity index (χ0) is 23.3. The molecule has 4 rings (SSSR count). The number of amides is 3. The fourth-order valence-corrected chi connectivity index (χ4v) is 4.21. The van der Waals surface area contributed by atoms with Crippen LogP contribution in [0.2, 0.25) is 5.02 Å². The minimum atomic E-state index is -1.24. The summed E-state index contributed by atoms with van der Waals surface area (Å²) in [6.45, 7) is 0.00863. The van der Waals surface area contributed by atoms with Gasteiger partial charge in [-0.15, -0.1) is 0 Å². The first-order valence-corrected chi connectivity index (χ1v) is 11.1. The highest BCUT2D eigenvalue weighted by atomic mass is 35.5. The van der Waals surface area contributed by atoms with Crippen LogP contribution in [0.4, 0.5) is 4.79 Å². The van der Waals surface area contributed by atoms with Crippen molar-refractivity contribution in [2.75, 3.05) is 13.2 Å². The third-order valence-electron chi connectivity index (χ3n) is 5.67. The van der Waals surface area contributed by atoms with E-state index in [1.165, 1.54) is 0 Å². The second-order valence-electron chi connectivity index (χ2n) is 8.04. The number of aliphatic hydroxyl groups excluding tert-OH is 1. The molecule has 0 aromatic heterocycles. The standard InChI is InChI=1S/C26H25ClN2O4/c27-23-14-8-7-11-20(23)17-33-18-22(30)16-29-24(31)26(28-25(29)32,21-12-5-2-6-13-21)15-19-9-3-1-4-10-19/h1-14,22,30H,15-18H2,(H,28,32). The number of β-amino-alcohol motifs (C(OH)–C–C–N with tert-alkyl or cyclic N) is 1. The van der Waals surface area contributed by atoms with Gasteiger partial charge in [-0.1, -0.05) is 90.5 Å². The molecule has 1 fully saturated rings. The van der Waals surface area contributed by atoms with Gasteiger partial charge in [0.2, 0.25) is 0 Å². The molecule has 1 saturated heterocycles. The zero-order valence-corrected chi connectivity index (χ0v) is 18.7. The van der Waals surface area contributed by atoms with E-state index >= 15 is 0 Å². The smallest absolute Gasteiger partial charge is 0.325 e. The predicted octanol–water partition coefficient (Wildman–Crippen LogP) is 3.91. The number of benzene rings is 3. The van der Waals surface area contributed by atoms with Gasteiger partial charge in [0.25, 0.3) is 5.91 Å². The van der Waals surface area contributed by atoms with Gasteiger partial charge in [-0.25, -0.2) is 4.79 Å². The van der Waals surface area contributed by atoms with Gasteiger partial charge >= 0.3 is 6.03 Å². The molecule has 6 nitrogen and oxygen atoms in total. The topological polar surface area (TPSA) is 78.9 Å². The summed E-state index contributed by atoms with van der Waals surface area (Å²) >= 11 is 6.12. The molecule has 1 heterocycles. The third-order valence-corrected chi connectivity index (χ3v) is 6.04. The lowest BCUT2D eigenvalue weighted by molar-refractivity contribution is -0.133. The van der Waals surface area contributed by atoms with Crippen molar-refractivity contribution in [1.82, 2.24) is 10.2 Å². The van der Waals surface area contributed by atoms with Crippen LogP contribution in [-0.4, -0.2) is 41.2 Å². The van der Waals surface area contributed by atoms with Crippen molar-refractivity contribution in [2.45, 2.75) is 24.7 Å². The number of halogens is 1. The maximum atomic E-state index is 13.6. The van der Waals surface area contributed by atoms with Crippen LogP contribution in [0.15, 0.2) is 84.9 Å².